The van der Waals surface area contributed by atoms with Crippen molar-refractivity contribution < 1.29 is 13.8 Å². The van der Waals surface area contributed by atoms with Crippen molar-refractivity contribution in [1.82, 2.24) is 15.2 Å². The number of nitrogens with one attached hydrogen (secondary N) is 1. The number of hydrogen-bond donors (Lipinski definition) is 1. The van der Waals surface area contributed by atoms with Crippen LogP contribution in [-0.4, -0.2) is 40.4 Å². The molecule has 1 aliphatic heterocycles. The van der Waals surface area contributed by atoms with Crippen LogP contribution in [0.2, 0.25) is 10.0 Å². The molecule has 1 amide bonds. The summed E-state index contributed by atoms with van der Waals surface area (Å²) in [5, 5.41) is 5.81. The summed E-state index contributed by atoms with van der Waals surface area (Å²) in [5.41, 5.74) is 8.03. The highest BCUT2D eigenvalue weighted by atomic mass is 35.5. The summed E-state index contributed by atoms with van der Waals surface area (Å²) in [7, 11) is 2.07. The van der Waals surface area contributed by atoms with Crippen LogP contribution in [0.4, 0.5) is 4.39 Å². The van der Waals surface area contributed by atoms with Gasteiger partial charge in [0.15, 0.2) is 5.69 Å². The number of fused-ring (bicyclic) bond motifs is 1. The van der Waals surface area contributed by atoms with Crippen LogP contribution in [-0.2, 0) is 6.42 Å². The second-order valence-electron chi connectivity index (χ2n) is 9.60. The Hall–Kier alpha value is -2.67. The number of likely N-dealkylation sites (tertiary alicyclic amines) is 1. The molecule has 0 saturated carbocycles. The van der Waals surface area contributed by atoms with Crippen molar-refractivity contribution in [2.75, 3.05) is 20.1 Å². The number of amides is 1. The van der Waals surface area contributed by atoms with E-state index in [4.69, 9.17) is 28.3 Å². The lowest BCUT2D eigenvalue weighted by atomic mass is 9.89. The van der Waals surface area contributed by atoms with E-state index in [0.29, 0.717) is 26.0 Å². The van der Waals surface area contributed by atoms with Gasteiger partial charge < -0.3 is 0 Å². The van der Waals surface area contributed by atoms with Gasteiger partial charge in [0, 0.05) is 10.6 Å². The summed E-state index contributed by atoms with van der Waals surface area (Å²) in [6.45, 7) is 1.82. The lowest BCUT2D eigenvalue weighted by Gasteiger charge is -2.36. The zero-order valence-electron chi connectivity index (χ0n) is 19.7. The van der Waals surface area contributed by atoms with E-state index in [1.54, 1.807) is 28.9 Å². The Morgan fingerprint density at radius 1 is 1.06 bits per heavy atom. The van der Waals surface area contributed by atoms with E-state index >= 15 is 0 Å². The van der Waals surface area contributed by atoms with Crippen molar-refractivity contribution in [1.29, 1.82) is 0 Å². The number of carbonyl (C=O) groups excluding carboxylic acids is 1. The number of hydrogen-bond acceptors (Lipinski definition) is 2. The van der Waals surface area contributed by atoms with Gasteiger partial charge in [0.05, 0.1) is 23.5 Å². The van der Waals surface area contributed by atoms with Crippen molar-refractivity contribution in [2.45, 2.75) is 38.5 Å². The number of allylic oxidation sites excluding steroid dienone is 1. The number of benzene rings is 2. The van der Waals surface area contributed by atoms with Gasteiger partial charge in [-0.15, -0.1) is 0 Å². The SMILES string of the molecule is C[N+]1(NC(=O)c2nn(-c3ccc(Cl)cc3Cl)c3c2CCCC3=Cc2ccc(F)cc2)CCCCC1. The highest BCUT2D eigenvalue weighted by molar-refractivity contribution is 6.35. The molecule has 35 heavy (non-hydrogen) atoms. The number of piperidine rings is 1. The molecule has 0 atom stereocenters. The summed E-state index contributed by atoms with van der Waals surface area (Å²) in [6.07, 6.45) is 7.87. The Kier molecular flexibility index (Phi) is 6.71. The molecule has 5 rings (SSSR count). The van der Waals surface area contributed by atoms with Crippen LogP contribution in [0.25, 0.3) is 17.3 Å². The third kappa shape index (κ3) is 5.01. The Balaban J connectivity index is 1.62. The lowest BCUT2D eigenvalue weighted by Crippen LogP contribution is -2.59. The predicted octanol–water partition coefficient (Wildman–Crippen LogP) is 6.47. The van der Waals surface area contributed by atoms with Gasteiger partial charge in [-0.05, 0) is 86.1 Å². The molecule has 0 spiro atoms. The van der Waals surface area contributed by atoms with Crippen LogP contribution in [0.15, 0.2) is 42.5 Å². The fraction of sp³-hybridized carbons (Fsp3) is 0.333. The van der Waals surface area contributed by atoms with E-state index < -0.39 is 0 Å². The monoisotopic (exact) mass is 513 g/mol. The first-order chi connectivity index (χ1) is 16.8. The minimum absolute atomic E-state index is 0.169. The van der Waals surface area contributed by atoms with E-state index in [-0.39, 0.29) is 11.7 Å². The Labute approximate surface area is 214 Å². The standard InChI is InChI=1S/C27H27Cl2FN4O/c1-34(14-3-2-4-15-34)32-27(35)25-22-7-5-6-19(16-18-8-11-21(30)12-9-18)26(22)33(31-25)24-13-10-20(28)17-23(24)29/h8-13,16-17H,2-7,14-15H2,1H3/p+1. The quantitative estimate of drug-likeness (QED) is 0.406. The minimum Gasteiger partial charge on any atom is -0.262 e. The highest BCUT2D eigenvalue weighted by Crippen LogP contribution is 2.37. The molecule has 8 heteroatoms. The Bertz CT molecular complexity index is 1290. The molecule has 0 radical (unpaired) electrons. The molecule has 1 aliphatic carbocycles. The number of quaternary nitrogens is 1. The van der Waals surface area contributed by atoms with Gasteiger partial charge in [-0.3, -0.25) is 4.79 Å². The van der Waals surface area contributed by atoms with Gasteiger partial charge >= 0.3 is 5.91 Å². The molecule has 1 fully saturated rings. The predicted molar refractivity (Wildman–Crippen MR) is 138 cm³/mol. The molecule has 2 aromatic carbocycles. The molecule has 1 saturated heterocycles. The summed E-state index contributed by atoms with van der Waals surface area (Å²) in [5.74, 6) is -0.444. The van der Waals surface area contributed by atoms with Gasteiger partial charge in [-0.2, -0.15) is 10.5 Å². The highest BCUT2D eigenvalue weighted by Gasteiger charge is 2.33. The van der Waals surface area contributed by atoms with Crippen molar-refractivity contribution in [3.05, 3.63) is 80.8 Å². The van der Waals surface area contributed by atoms with Gasteiger partial charge in [-0.25, -0.2) is 13.7 Å². The first-order valence-corrected chi connectivity index (χ1v) is 12.8. The first-order valence-electron chi connectivity index (χ1n) is 12.0. The van der Waals surface area contributed by atoms with Gasteiger partial charge in [0.25, 0.3) is 0 Å². The fourth-order valence-electron chi connectivity index (χ4n) is 5.12. The van der Waals surface area contributed by atoms with Gasteiger partial charge in [-0.1, -0.05) is 35.3 Å². The maximum absolute atomic E-state index is 13.6. The van der Waals surface area contributed by atoms with E-state index in [1.807, 2.05) is 12.1 Å². The number of carbonyl (C=O) groups is 1. The minimum atomic E-state index is -0.275. The zero-order valence-corrected chi connectivity index (χ0v) is 21.2. The molecule has 2 heterocycles. The van der Waals surface area contributed by atoms with Crippen molar-refractivity contribution >= 4 is 40.8 Å². The second-order valence-corrected chi connectivity index (χ2v) is 10.4. The lowest BCUT2D eigenvalue weighted by molar-refractivity contribution is -0.947. The van der Waals surface area contributed by atoms with Crippen LogP contribution in [0.5, 0.6) is 0 Å². The number of nitrogens with zero attached hydrogens (tertiary/aromatic N) is 3. The summed E-state index contributed by atoms with van der Waals surface area (Å²) in [4.78, 5) is 13.6. The largest absolute Gasteiger partial charge is 0.316 e. The zero-order chi connectivity index (χ0) is 24.6. The molecule has 3 aromatic rings. The third-order valence-corrected chi connectivity index (χ3v) is 7.44. The van der Waals surface area contributed by atoms with Crippen LogP contribution >= 0.6 is 23.2 Å². The third-order valence-electron chi connectivity index (χ3n) is 6.90. The van der Waals surface area contributed by atoms with Crippen molar-refractivity contribution in [3.63, 3.8) is 0 Å². The molecule has 2 aliphatic rings. The van der Waals surface area contributed by atoms with Crippen LogP contribution in [0, 0.1) is 5.82 Å². The summed E-state index contributed by atoms with van der Waals surface area (Å²) >= 11 is 12.7. The number of halogens is 3. The van der Waals surface area contributed by atoms with E-state index in [0.717, 1.165) is 67.6 Å². The van der Waals surface area contributed by atoms with Crippen molar-refractivity contribution in [2.24, 2.45) is 0 Å². The molecule has 0 bridgehead atoms. The van der Waals surface area contributed by atoms with E-state index in [9.17, 15) is 9.18 Å². The maximum atomic E-state index is 13.6. The van der Waals surface area contributed by atoms with E-state index in [2.05, 4.69) is 12.5 Å². The van der Waals surface area contributed by atoms with Gasteiger partial charge in [0.2, 0.25) is 0 Å². The Morgan fingerprint density at radius 2 is 1.80 bits per heavy atom. The average molecular weight is 514 g/mol. The number of rotatable bonds is 4. The Morgan fingerprint density at radius 3 is 2.51 bits per heavy atom. The summed E-state index contributed by atoms with van der Waals surface area (Å²) < 4.78 is 15.8. The fourth-order valence-corrected chi connectivity index (χ4v) is 5.61. The number of aromatic nitrogens is 2. The molecule has 0 unspecified atom stereocenters. The smallest absolute Gasteiger partial charge is 0.262 e. The van der Waals surface area contributed by atoms with Crippen LogP contribution in [0.1, 0.15) is 59.4 Å². The van der Waals surface area contributed by atoms with E-state index in [1.165, 1.54) is 18.6 Å². The molecule has 182 valence electrons. The topological polar surface area (TPSA) is 46.9 Å². The van der Waals surface area contributed by atoms with Gasteiger partial charge in [0.1, 0.15) is 18.9 Å². The maximum Gasteiger partial charge on any atom is 0.316 e. The molecule has 1 N–H and O–H groups in total. The first kappa shape index (κ1) is 24.0. The summed E-state index contributed by atoms with van der Waals surface area (Å²) in [6, 6.07) is 11.7. The normalized spacial score (nSPS) is 18.3. The molecular formula is C27H28Cl2FN4O+. The second kappa shape index (κ2) is 9.76. The molecular weight excluding hydrogens is 486 g/mol. The average Bonchev–Trinajstić information content (AvgIpc) is 3.21. The van der Waals surface area contributed by atoms with Crippen LogP contribution < -0.4 is 5.43 Å². The van der Waals surface area contributed by atoms with Crippen molar-refractivity contribution in [3.8, 4) is 5.69 Å². The van der Waals surface area contributed by atoms with Crippen LogP contribution in [0.3, 0.4) is 0 Å². The molecule has 5 nitrogen and oxygen atoms in total. The molecule has 1 aromatic heterocycles.